The quantitative estimate of drug-likeness (QED) is 0.346. The van der Waals surface area contributed by atoms with Gasteiger partial charge in [0.1, 0.15) is 11.9 Å². The van der Waals surface area contributed by atoms with Crippen LogP contribution in [-0.2, 0) is 22.7 Å². The molecule has 3 unspecified atom stereocenters. The van der Waals surface area contributed by atoms with Crippen molar-refractivity contribution in [1.29, 1.82) is 0 Å². The Morgan fingerprint density at radius 3 is 2.44 bits per heavy atom. The summed E-state index contributed by atoms with van der Waals surface area (Å²) in [6.45, 7) is 7.73. The maximum Gasteiger partial charge on any atom is 0.264 e. The molecule has 0 spiro atoms. The minimum atomic E-state index is -0.745. The zero-order valence-corrected chi connectivity index (χ0v) is 23.2. The maximum absolute atomic E-state index is 13.6. The Hall–Kier alpha value is -3.52. The molecule has 1 saturated carbocycles. The highest BCUT2D eigenvalue weighted by molar-refractivity contribution is 5.99. The molecular weight excluding hydrogens is 490 g/mol. The summed E-state index contributed by atoms with van der Waals surface area (Å²) in [5.74, 6) is 0.525. The number of carbonyl (C=O) groups is 2. The molecule has 1 aromatic heterocycles. The van der Waals surface area contributed by atoms with Gasteiger partial charge in [-0.25, -0.2) is 4.98 Å². The van der Waals surface area contributed by atoms with E-state index in [-0.39, 0.29) is 29.8 Å². The van der Waals surface area contributed by atoms with Crippen LogP contribution in [0.15, 0.2) is 47.3 Å². The summed E-state index contributed by atoms with van der Waals surface area (Å²) in [5.41, 5.74) is 3.62. The highest BCUT2D eigenvalue weighted by atomic mass is 16.2. The summed E-state index contributed by atoms with van der Waals surface area (Å²) in [5, 5.41) is 10.1. The number of fused-ring (bicyclic) bond motifs is 1. The molecule has 2 aromatic carbocycles. The first-order chi connectivity index (χ1) is 18.8. The van der Waals surface area contributed by atoms with Crippen molar-refractivity contribution in [3.63, 3.8) is 0 Å². The van der Waals surface area contributed by atoms with E-state index in [0.29, 0.717) is 29.0 Å². The normalized spacial score (nSPS) is 23.3. The van der Waals surface area contributed by atoms with Crippen molar-refractivity contribution in [3.8, 4) is 0 Å². The van der Waals surface area contributed by atoms with Gasteiger partial charge >= 0.3 is 0 Å². The molecule has 3 atom stereocenters. The van der Waals surface area contributed by atoms with Crippen LogP contribution in [-0.4, -0.2) is 26.9 Å². The lowest BCUT2D eigenvalue weighted by Crippen LogP contribution is -2.45. The zero-order chi connectivity index (χ0) is 27.6. The third-order valence-corrected chi connectivity index (χ3v) is 8.77. The van der Waals surface area contributed by atoms with Gasteiger partial charge < -0.3 is 10.6 Å². The number of anilines is 1. The number of nitrogens with one attached hydrogen (secondary N) is 3. The lowest BCUT2D eigenvalue weighted by molar-refractivity contribution is -0.135. The molecule has 5 rings (SSSR count). The lowest BCUT2D eigenvalue weighted by Gasteiger charge is -2.30. The molecule has 206 valence electrons. The Kier molecular flexibility index (Phi) is 7.84. The van der Waals surface area contributed by atoms with Gasteiger partial charge in [-0.05, 0) is 68.2 Å². The van der Waals surface area contributed by atoms with Crippen molar-refractivity contribution in [2.45, 2.75) is 90.4 Å². The number of aromatic nitrogens is 2. The van der Waals surface area contributed by atoms with E-state index in [9.17, 15) is 14.4 Å². The third kappa shape index (κ3) is 5.62. The number of hydrogen-bond donors (Lipinski definition) is 3. The van der Waals surface area contributed by atoms with Crippen LogP contribution in [0.3, 0.4) is 0 Å². The van der Waals surface area contributed by atoms with Crippen LogP contribution in [0.1, 0.15) is 81.8 Å². The highest BCUT2D eigenvalue weighted by Crippen LogP contribution is 2.38. The van der Waals surface area contributed by atoms with Crippen LogP contribution in [0.5, 0.6) is 0 Å². The maximum atomic E-state index is 13.6. The summed E-state index contributed by atoms with van der Waals surface area (Å²) in [6.07, 6.45) is 6.77. The van der Waals surface area contributed by atoms with E-state index in [1.165, 1.54) is 35.8 Å². The average Bonchev–Trinajstić information content (AvgIpc) is 3.36. The van der Waals surface area contributed by atoms with Gasteiger partial charge in [-0.3, -0.25) is 24.3 Å². The number of imide groups is 1. The second-order valence-corrected chi connectivity index (χ2v) is 11.2. The molecule has 1 saturated heterocycles. The highest BCUT2D eigenvalue weighted by Gasteiger charge is 2.36. The fraction of sp³-hybridized carbons (Fsp3) is 0.484. The number of benzene rings is 2. The second-order valence-electron chi connectivity index (χ2n) is 11.2. The number of amides is 2. The molecule has 0 bridgehead atoms. The van der Waals surface area contributed by atoms with E-state index < -0.39 is 11.9 Å². The summed E-state index contributed by atoms with van der Waals surface area (Å²) in [7, 11) is 0. The first-order valence-corrected chi connectivity index (χ1v) is 14.2. The Bertz CT molecular complexity index is 1430. The Balaban J connectivity index is 1.30. The summed E-state index contributed by atoms with van der Waals surface area (Å²) in [4.78, 5) is 42.4. The smallest absolute Gasteiger partial charge is 0.264 e. The SMILES string of the molecule is CCC1CCC(CC)(NCc2ccc(CNc3cccc4nc(C)n(C5CCC(=O)NC5=O)c(=O)c34)cc2)C1. The van der Waals surface area contributed by atoms with Crippen molar-refractivity contribution in [2.24, 2.45) is 5.92 Å². The summed E-state index contributed by atoms with van der Waals surface area (Å²) < 4.78 is 1.42. The molecule has 2 amide bonds. The predicted octanol–water partition coefficient (Wildman–Crippen LogP) is 4.74. The van der Waals surface area contributed by atoms with Crippen LogP contribution in [0, 0.1) is 12.8 Å². The molecule has 2 fully saturated rings. The monoisotopic (exact) mass is 529 g/mol. The number of hydrogen-bond acceptors (Lipinski definition) is 6. The van der Waals surface area contributed by atoms with Crippen LogP contribution >= 0.6 is 0 Å². The molecule has 1 aliphatic heterocycles. The van der Waals surface area contributed by atoms with Crippen molar-refractivity contribution >= 4 is 28.4 Å². The van der Waals surface area contributed by atoms with Crippen LogP contribution in [0.2, 0.25) is 0 Å². The van der Waals surface area contributed by atoms with Crippen molar-refractivity contribution in [1.82, 2.24) is 20.2 Å². The van der Waals surface area contributed by atoms with E-state index in [0.717, 1.165) is 24.4 Å². The molecule has 0 radical (unpaired) electrons. The van der Waals surface area contributed by atoms with Gasteiger partial charge in [-0.15, -0.1) is 0 Å². The van der Waals surface area contributed by atoms with E-state index in [1.807, 2.05) is 18.2 Å². The summed E-state index contributed by atoms with van der Waals surface area (Å²) in [6, 6.07) is 13.4. The molecule has 3 aromatic rings. The average molecular weight is 530 g/mol. The van der Waals surface area contributed by atoms with E-state index in [2.05, 4.69) is 59.0 Å². The molecule has 8 nitrogen and oxygen atoms in total. The molecule has 8 heteroatoms. The van der Waals surface area contributed by atoms with Gasteiger partial charge in [-0.2, -0.15) is 0 Å². The molecule has 3 N–H and O–H groups in total. The van der Waals surface area contributed by atoms with Crippen LogP contribution in [0.25, 0.3) is 10.9 Å². The largest absolute Gasteiger partial charge is 0.380 e. The number of nitrogens with zero attached hydrogens (tertiary/aromatic N) is 2. The van der Waals surface area contributed by atoms with Gasteiger partial charge in [-0.1, -0.05) is 50.6 Å². The third-order valence-electron chi connectivity index (χ3n) is 8.77. The molecule has 2 aliphatic rings. The summed E-state index contributed by atoms with van der Waals surface area (Å²) >= 11 is 0. The molecular formula is C31H39N5O3. The minimum absolute atomic E-state index is 0.199. The standard InChI is InChI=1S/C31H39N5O3/c1-4-21-15-16-31(5-2,17-21)33-19-23-11-9-22(10-12-23)18-32-24-7-6-8-25-28(24)30(39)36(20(3)34-25)26-13-14-27(37)35-29(26)38/h6-12,21,26,32-33H,4-5,13-19H2,1-3H3,(H,35,37,38). The van der Waals surface area contributed by atoms with Crippen LogP contribution in [0.4, 0.5) is 5.69 Å². The second kappa shape index (κ2) is 11.3. The van der Waals surface area contributed by atoms with Crippen molar-refractivity contribution in [3.05, 3.63) is 69.8 Å². The van der Waals surface area contributed by atoms with E-state index >= 15 is 0 Å². The Labute approximate surface area is 229 Å². The fourth-order valence-electron chi connectivity index (χ4n) is 6.25. The molecule has 39 heavy (non-hydrogen) atoms. The van der Waals surface area contributed by atoms with E-state index in [1.54, 1.807) is 6.92 Å². The lowest BCUT2D eigenvalue weighted by atomic mass is 9.91. The Morgan fingerprint density at radius 1 is 1.03 bits per heavy atom. The number of piperidine rings is 1. The zero-order valence-electron chi connectivity index (χ0n) is 23.2. The van der Waals surface area contributed by atoms with Gasteiger partial charge in [0, 0.05) is 30.7 Å². The Morgan fingerprint density at radius 2 is 1.77 bits per heavy atom. The topological polar surface area (TPSA) is 105 Å². The van der Waals surface area contributed by atoms with Gasteiger partial charge in [0.25, 0.3) is 5.56 Å². The number of aryl methyl sites for hydroxylation is 1. The van der Waals surface area contributed by atoms with E-state index in [4.69, 9.17) is 0 Å². The first-order valence-electron chi connectivity index (χ1n) is 14.2. The number of rotatable bonds is 9. The molecule has 1 aliphatic carbocycles. The van der Waals surface area contributed by atoms with Gasteiger partial charge in [0.05, 0.1) is 10.9 Å². The van der Waals surface area contributed by atoms with Crippen molar-refractivity contribution in [2.75, 3.05) is 5.32 Å². The fourth-order valence-corrected chi connectivity index (χ4v) is 6.25. The van der Waals surface area contributed by atoms with Gasteiger partial charge in [0.15, 0.2) is 0 Å². The van der Waals surface area contributed by atoms with Gasteiger partial charge in [0.2, 0.25) is 11.8 Å². The van der Waals surface area contributed by atoms with Crippen LogP contribution < -0.4 is 21.5 Å². The molecule has 2 heterocycles. The first kappa shape index (κ1) is 27.1. The predicted molar refractivity (Wildman–Crippen MR) is 153 cm³/mol. The number of carbonyl (C=O) groups excluding carboxylic acids is 2. The van der Waals surface area contributed by atoms with Crippen molar-refractivity contribution < 1.29 is 9.59 Å². The minimum Gasteiger partial charge on any atom is -0.380 e.